The molecule has 1 fully saturated rings. The normalized spacial score (nSPS) is 13.8. The van der Waals surface area contributed by atoms with Crippen molar-refractivity contribution in [3.05, 3.63) is 66.1 Å². The standard InChI is InChI=1S/C21H22FN7O/c1-15-2-7-18(23-14-15)25-19-8-9-20(27-26-19)28-10-12-29(13-11-28)21(30)24-17-5-3-16(22)4-6-17/h2-9,14H,10-13H2,1H3,(H,24,30)(H,23,25,26). The van der Waals surface area contributed by atoms with E-state index in [2.05, 4.69) is 30.7 Å². The van der Waals surface area contributed by atoms with Crippen LogP contribution in [0.3, 0.4) is 0 Å². The summed E-state index contributed by atoms with van der Waals surface area (Å²) >= 11 is 0. The third-order valence-corrected chi connectivity index (χ3v) is 4.80. The molecule has 1 aliphatic heterocycles. The lowest BCUT2D eigenvalue weighted by molar-refractivity contribution is 0.208. The van der Waals surface area contributed by atoms with Crippen LogP contribution in [0.2, 0.25) is 0 Å². The first-order valence-electron chi connectivity index (χ1n) is 9.67. The first kappa shape index (κ1) is 19.6. The summed E-state index contributed by atoms with van der Waals surface area (Å²) < 4.78 is 13.0. The van der Waals surface area contributed by atoms with E-state index in [1.54, 1.807) is 23.2 Å². The Kier molecular flexibility index (Phi) is 5.69. The molecule has 1 aliphatic rings. The second-order valence-corrected chi connectivity index (χ2v) is 7.03. The van der Waals surface area contributed by atoms with Crippen molar-refractivity contribution in [1.29, 1.82) is 0 Å². The second kappa shape index (κ2) is 8.73. The van der Waals surface area contributed by atoms with Crippen molar-refractivity contribution in [1.82, 2.24) is 20.1 Å². The minimum absolute atomic E-state index is 0.197. The van der Waals surface area contributed by atoms with Crippen molar-refractivity contribution >= 4 is 29.2 Å². The van der Waals surface area contributed by atoms with Gasteiger partial charge in [-0.2, -0.15) is 0 Å². The molecule has 0 unspecified atom stereocenters. The maximum atomic E-state index is 13.0. The summed E-state index contributed by atoms with van der Waals surface area (Å²) in [5.74, 6) is 1.76. The third kappa shape index (κ3) is 4.80. The Morgan fingerprint density at radius 2 is 1.67 bits per heavy atom. The van der Waals surface area contributed by atoms with Gasteiger partial charge < -0.3 is 20.4 Å². The number of amides is 2. The number of hydrogen-bond acceptors (Lipinski definition) is 6. The second-order valence-electron chi connectivity index (χ2n) is 7.03. The van der Waals surface area contributed by atoms with Crippen molar-refractivity contribution in [2.75, 3.05) is 41.7 Å². The summed E-state index contributed by atoms with van der Waals surface area (Å²) in [6, 6.07) is 13.2. The highest BCUT2D eigenvalue weighted by molar-refractivity contribution is 5.89. The van der Waals surface area contributed by atoms with Crippen LogP contribution in [-0.2, 0) is 0 Å². The molecule has 8 nitrogen and oxygen atoms in total. The molecule has 1 saturated heterocycles. The molecule has 154 valence electrons. The fourth-order valence-corrected chi connectivity index (χ4v) is 3.11. The van der Waals surface area contributed by atoms with E-state index in [0.717, 1.165) is 11.4 Å². The maximum Gasteiger partial charge on any atom is 0.321 e. The molecule has 0 radical (unpaired) electrons. The molecule has 4 rings (SSSR count). The van der Waals surface area contributed by atoms with Gasteiger partial charge in [0.2, 0.25) is 0 Å². The predicted molar refractivity (Wildman–Crippen MR) is 113 cm³/mol. The van der Waals surface area contributed by atoms with Crippen LogP contribution in [-0.4, -0.2) is 52.3 Å². The van der Waals surface area contributed by atoms with Crippen molar-refractivity contribution < 1.29 is 9.18 Å². The first-order valence-corrected chi connectivity index (χ1v) is 9.67. The van der Waals surface area contributed by atoms with Gasteiger partial charge in [0.15, 0.2) is 11.6 Å². The van der Waals surface area contributed by atoms with Gasteiger partial charge in [-0.15, -0.1) is 10.2 Å². The number of carbonyl (C=O) groups is 1. The highest BCUT2D eigenvalue weighted by Gasteiger charge is 2.22. The van der Waals surface area contributed by atoms with Crippen LogP contribution in [0.5, 0.6) is 0 Å². The lowest BCUT2D eigenvalue weighted by atomic mass is 10.3. The highest BCUT2D eigenvalue weighted by atomic mass is 19.1. The van der Waals surface area contributed by atoms with Crippen LogP contribution in [0.15, 0.2) is 54.7 Å². The largest absolute Gasteiger partial charge is 0.352 e. The number of piperazine rings is 1. The van der Waals surface area contributed by atoms with Gasteiger partial charge in [0.05, 0.1) is 0 Å². The number of pyridine rings is 1. The summed E-state index contributed by atoms with van der Waals surface area (Å²) in [5.41, 5.74) is 1.66. The van der Waals surface area contributed by atoms with Gasteiger partial charge >= 0.3 is 6.03 Å². The van der Waals surface area contributed by atoms with E-state index in [9.17, 15) is 9.18 Å². The molecule has 2 aromatic heterocycles. The van der Waals surface area contributed by atoms with Crippen LogP contribution in [0.4, 0.5) is 32.3 Å². The minimum atomic E-state index is -0.334. The Morgan fingerprint density at radius 1 is 0.933 bits per heavy atom. The maximum absolute atomic E-state index is 13.0. The fourth-order valence-electron chi connectivity index (χ4n) is 3.11. The SMILES string of the molecule is Cc1ccc(Nc2ccc(N3CCN(C(=O)Nc4ccc(F)cc4)CC3)nn2)nc1. The number of aryl methyl sites for hydroxylation is 1. The Balaban J connectivity index is 1.29. The molecule has 3 aromatic rings. The summed E-state index contributed by atoms with van der Waals surface area (Å²) in [5, 5.41) is 14.4. The van der Waals surface area contributed by atoms with E-state index in [-0.39, 0.29) is 11.8 Å². The number of halogens is 1. The molecular formula is C21H22FN7O. The van der Waals surface area contributed by atoms with E-state index in [4.69, 9.17) is 0 Å². The van der Waals surface area contributed by atoms with Crippen molar-refractivity contribution in [2.24, 2.45) is 0 Å². The number of urea groups is 1. The van der Waals surface area contributed by atoms with Crippen LogP contribution in [0.25, 0.3) is 0 Å². The molecular weight excluding hydrogens is 385 g/mol. The summed E-state index contributed by atoms with van der Waals surface area (Å²) in [7, 11) is 0. The predicted octanol–water partition coefficient (Wildman–Crippen LogP) is 3.42. The van der Waals surface area contributed by atoms with Crippen molar-refractivity contribution in [3.63, 3.8) is 0 Å². The topological polar surface area (TPSA) is 86.3 Å². The van der Waals surface area contributed by atoms with Crippen LogP contribution < -0.4 is 15.5 Å². The number of aromatic nitrogens is 3. The zero-order valence-corrected chi connectivity index (χ0v) is 16.5. The quantitative estimate of drug-likeness (QED) is 0.689. The monoisotopic (exact) mass is 407 g/mol. The number of benzene rings is 1. The zero-order valence-electron chi connectivity index (χ0n) is 16.5. The van der Waals surface area contributed by atoms with Gasteiger partial charge in [-0.25, -0.2) is 14.2 Å². The number of anilines is 4. The molecule has 3 heterocycles. The Labute approximate surface area is 173 Å². The van der Waals surface area contributed by atoms with Crippen molar-refractivity contribution in [2.45, 2.75) is 6.92 Å². The molecule has 0 bridgehead atoms. The summed E-state index contributed by atoms with van der Waals surface area (Å²) in [6.07, 6.45) is 1.79. The number of nitrogens with zero attached hydrogens (tertiary/aromatic N) is 5. The van der Waals surface area contributed by atoms with Crippen LogP contribution in [0, 0.1) is 12.7 Å². The number of rotatable bonds is 4. The Morgan fingerprint density at radius 3 is 2.30 bits per heavy atom. The van der Waals surface area contributed by atoms with Gasteiger partial charge in [-0.1, -0.05) is 6.07 Å². The first-order chi connectivity index (χ1) is 14.6. The van der Waals surface area contributed by atoms with Crippen LogP contribution in [0.1, 0.15) is 5.56 Å². The number of carbonyl (C=O) groups excluding carboxylic acids is 1. The number of hydrogen-bond donors (Lipinski definition) is 2. The molecule has 0 atom stereocenters. The highest BCUT2D eigenvalue weighted by Crippen LogP contribution is 2.17. The molecule has 0 aliphatic carbocycles. The Bertz CT molecular complexity index is 985. The van der Waals surface area contributed by atoms with Gasteiger partial charge in [-0.3, -0.25) is 0 Å². The average molecular weight is 407 g/mol. The zero-order chi connectivity index (χ0) is 20.9. The van der Waals surface area contributed by atoms with Gasteiger partial charge in [-0.05, 0) is 55.0 Å². The molecule has 0 spiro atoms. The minimum Gasteiger partial charge on any atom is -0.352 e. The molecule has 2 N–H and O–H groups in total. The van der Waals surface area contributed by atoms with Gasteiger partial charge in [0.25, 0.3) is 0 Å². The molecule has 0 saturated carbocycles. The molecule has 2 amide bonds. The van der Waals surface area contributed by atoms with Crippen LogP contribution >= 0.6 is 0 Å². The van der Waals surface area contributed by atoms with E-state index in [1.807, 2.05) is 31.2 Å². The lowest BCUT2D eigenvalue weighted by Gasteiger charge is -2.35. The van der Waals surface area contributed by atoms with E-state index in [1.165, 1.54) is 12.1 Å². The lowest BCUT2D eigenvalue weighted by Crippen LogP contribution is -2.50. The molecule has 9 heteroatoms. The van der Waals surface area contributed by atoms with Gasteiger partial charge in [0, 0.05) is 38.1 Å². The van der Waals surface area contributed by atoms with E-state index in [0.29, 0.717) is 43.5 Å². The molecule has 1 aromatic carbocycles. The van der Waals surface area contributed by atoms with Gasteiger partial charge in [0.1, 0.15) is 11.6 Å². The molecule has 30 heavy (non-hydrogen) atoms. The van der Waals surface area contributed by atoms with Crippen molar-refractivity contribution in [3.8, 4) is 0 Å². The average Bonchev–Trinajstić information content (AvgIpc) is 2.77. The fraction of sp³-hybridized carbons (Fsp3) is 0.238. The Hall–Kier alpha value is -3.75. The smallest absolute Gasteiger partial charge is 0.321 e. The number of nitrogens with one attached hydrogen (secondary N) is 2. The summed E-state index contributed by atoms with van der Waals surface area (Å²) in [4.78, 5) is 20.5. The van der Waals surface area contributed by atoms with E-state index < -0.39 is 0 Å². The summed E-state index contributed by atoms with van der Waals surface area (Å²) in [6.45, 7) is 4.40. The third-order valence-electron chi connectivity index (χ3n) is 4.80. The van der Waals surface area contributed by atoms with E-state index >= 15 is 0 Å².